The Balaban J connectivity index is 1.86. The average molecular weight is 392 g/mol. The van der Waals surface area contributed by atoms with E-state index >= 15 is 0 Å². The van der Waals surface area contributed by atoms with Crippen LogP contribution in [0.15, 0.2) is 18.2 Å². The standard InChI is InChI=1S/C22H34N2O4/c1-3-4-12-23-20(26)15-24-13-11-22(27)10-6-5-7-17(22)21(24)16-8-9-18(25)19(14-16)28-2/h8-9,14,17,21,25,27H,3-7,10-13,15H2,1-2H3,(H,23,26)/p+1/t17-,21-,22-/m0/s1. The molecule has 1 aliphatic carbocycles. The van der Waals surface area contributed by atoms with E-state index in [0.29, 0.717) is 18.8 Å². The van der Waals surface area contributed by atoms with Crippen LogP contribution in [-0.2, 0) is 4.79 Å². The molecule has 0 radical (unpaired) electrons. The van der Waals surface area contributed by atoms with Crippen LogP contribution in [0, 0.1) is 5.92 Å². The van der Waals surface area contributed by atoms with Crippen molar-refractivity contribution in [2.24, 2.45) is 5.92 Å². The van der Waals surface area contributed by atoms with Gasteiger partial charge in [0.25, 0.3) is 5.91 Å². The van der Waals surface area contributed by atoms with E-state index < -0.39 is 5.60 Å². The van der Waals surface area contributed by atoms with Gasteiger partial charge in [0.15, 0.2) is 18.0 Å². The number of ether oxygens (including phenoxy) is 1. The molecule has 1 saturated carbocycles. The molecule has 1 aromatic carbocycles. The first kappa shape index (κ1) is 20.9. The number of unbranched alkanes of at least 4 members (excludes halogenated alkanes) is 1. The minimum Gasteiger partial charge on any atom is -0.504 e. The van der Waals surface area contributed by atoms with Crippen molar-refractivity contribution in [1.82, 2.24) is 5.32 Å². The Hall–Kier alpha value is -1.79. The summed E-state index contributed by atoms with van der Waals surface area (Å²) in [7, 11) is 1.54. The Morgan fingerprint density at radius 1 is 1.36 bits per heavy atom. The van der Waals surface area contributed by atoms with E-state index in [1.807, 2.05) is 12.1 Å². The normalized spacial score (nSPS) is 29.8. The van der Waals surface area contributed by atoms with Crippen LogP contribution in [0.1, 0.15) is 63.5 Å². The summed E-state index contributed by atoms with van der Waals surface area (Å²) in [6.45, 7) is 4.00. The van der Waals surface area contributed by atoms with Gasteiger partial charge in [0, 0.05) is 24.4 Å². The summed E-state index contributed by atoms with van der Waals surface area (Å²) >= 11 is 0. The highest BCUT2D eigenvalue weighted by Gasteiger charge is 2.52. The minimum absolute atomic E-state index is 0.0190. The molecule has 3 rings (SSSR count). The molecule has 6 nitrogen and oxygen atoms in total. The molecular formula is C22H35N2O4+. The SMILES string of the molecule is CCCCNC(=O)C[NH+]1CC[C@@]2(O)CCCC[C@H]2[C@@H]1c1ccc(O)c(OC)c1. The van der Waals surface area contributed by atoms with Gasteiger partial charge < -0.3 is 25.2 Å². The van der Waals surface area contributed by atoms with Crippen LogP contribution in [0.25, 0.3) is 0 Å². The number of nitrogens with one attached hydrogen (secondary N) is 2. The van der Waals surface area contributed by atoms with Gasteiger partial charge in [-0.1, -0.05) is 26.2 Å². The first-order valence-corrected chi connectivity index (χ1v) is 10.7. The molecule has 28 heavy (non-hydrogen) atoms. The van der Waals surface area contributed by atoms with E-state index in [-0.39, 0.29) is 23.6 Å². The van der Waals surface area contributed by atoms with Gasteiger partial charge in [0.2, 0.25) is 0 Å². The highest BCUT2D eigenvalue weighted by Crippen LogP contribution is 2.44. The summed E-state index contributed by atoms with van der Waals surface area (Å²) in [6.07, 6.45) is 6.75. The number of phenols is 1. The summed E-state index contributed by atoms with van der Waals surface area (Å²) in [6, 6.07) is 5.46. The second-order valence-electron chi connectivity index (χ2n) is 8.40. The van der Waals surface area contributed by atoms with Gasteiger partial charge in [-0.05, 0) is 37.5 Å². The van der Waals surface area contributed by atoms with Crippen LogP contribution < -0.4 is 15.0 Å². The van der Waals surface area contributed by atoms with Crippen LogP contribution in [0.3, 0.4) is 0 Å². The zero-order chi connectivity index (χ0) is 20.1. The van der Waals surface area contributed by atoms with Gasteiger partial charge in [-0.3, -0.25) is 4.79 Å². The molecule has 0 aromatic heterocycles. The molecule has 1 saturated heterocycles. The maximum Gasteiger partial charge on any atom is 0.275 e. The maximum atomic E-state index is 12.5. The molecule has 1 aromatic rings. The number of fused-ring (bicyclic) bond motifs is 1. The van der Waals surface area contributed by atoms with Crippen molar-refractivity contribution >= 4 is 5.91 Å². The third-order valence-corrected chi connectivity index (χ3v) is 6.59. The number of aliphatic hydroxyl groups is 1. The zero-order valence-electron chi connectivity index (χ0n) is 17.2. The summed E-state index contributed by atoms with van der Waals surface area (Å²) in [5, 5.41) is 24.4. The van der Waals surface area contributed by atoms with E-state index in [9.17, 15) is 15.0 Å². The third kappa shape index (κ3) is 4.44. The lowest BCUT2D eigenvalue weighted by Gasteiger charge is -2.50. The number of phenolic OH excluding ortho intramolecular Hbond substituents is 1. The highest BCUT2D eigenvalue weighted by atomic mass is 16.5. The number of hydrogen-bond acceptors (Lipinski definition) is 4. The minimum atomic E-state index is -0.657. The van der Waals surface area contributed by atoms with Gasteiger partial charge >= 0.3 is 0 Å². The van der Waals surface area contributed by atoms with Crippen molar-refractivity contribution < 1.29 is 24.6 Å². The number of carbonyl (C=O) groups excluding carboxylic acids is 1. The van der Waals surface area contributed by atoms with Gasteiger partial charge in [-0.25, -0.2) is 0 Å². The molecule has 1 aliphatic heterocycles. The predicted octanol–water partition coefficient (Wildman–Crippen LogP) is 1.57. The van der Waals surface area contributed by atoms with Gasteiger partial charge in [0.05, 0.1) is 19.3 Å². The average Bonchev–Trinajstić information content (AvgIpc) is 2.69. The number of hydrogen-bond donors (Lipinski definition) is 4. The monoisotopic (exact) mass is 391 g/mol. The summed E-state index contributed by atoms with van der Waals surface area (Å²) in [5.41, 5.74) is 0.368. The van der Waals surface area contributed by atoms with Gasteiger partial charge in [-0.15, -0.1) is 0 Å². The van der Waals surface area contributed by atoms with Crippen LogP contribution >= 0.6 is 0 Å². The van der Waals surface area contributed by atoms with Crippen molar-refractivity contribution in [3.63, 3.8) is 0 Å². The first-order valence-electron chi connectivity index (χ1n) is 10.7. The molecule has 4 N–H and O–H groups in total. The second-order valence-corrected chi connectivity index (χ2v) is 8.40. The van der Waals surface area contributed by atoms with Gasteiger partial charge in [-0.2, -0.15) is 0 Å². The number of piperidine rings is 1. The Bertz CT molecular complexity index is 681. The number of aromatic hydroxyl groups is 1. The Morgan fingerprint density at radius 3 is 2.93 bits per heavy atom. The van der Waals surface area contributed by atoms with Crippen LogP contribution in [0.5, 0.6) is 11.5 Å². The van der Waals surface area contributed by atoms with Crippen molar-refractivity contribution in [3.05, 3.63) is 23.8 Å². The quantitative estimate of drug-likeness (QED) is 0.532. The summed E-state index contributed by atoms with van der Waals surface area (Å²) < 4.78 is 5.32. The molecule has 6 heteroatoms. The number of likely N-dealkylation sites (tertiary alicyclic amines) is 1. The molecule has 0 bridgehead atoms. The highest BCUT2D eigenvalue weighted by molar-refractivity contribution is 5.76. The topological polar surface area (TPSA) is 83.2 Å². The molecular weight excluding hydrogens is 356 g/mol. The lowest BCUT2D eigenvalue weighted by Crippen LogP contribution is -3.16. The van der Waals surface area contributed by atoms with E-state index in [4.69, 9.17) is 4.74 Å². The Labute approximate surface area is 167 Å². The van der Waals surface area contributed by atoms with Crippen LogP contribution in [0.2, 0.25) is 0 Å². The largest absolute Gasteiger partial charge is 0.504 e. The van der Waals surface area contributed by atoms with Crippen molar-refractivity contribution in [3.8, 4) is 11.5 Å². The molecule has 156 valence electrons. The lowest BCUT2D eigenvalue weighted by atomic mass is 9.66. The first-order chi connectivity index (χ1) is 13.5. The molecule has 1 heterocycles. The smallest absolute Gasteiger partial charge is 0.275 e. The molecule has 0 spiro atoms. The maximum absolute atomic E-state index is 12.5. The molecule has 2 aliphatic rings. The number of carbonyl (C=O) groups is 1. The van der Waals surface area contributed by atoms with Crippen LogP contribution in [-0.4, -0.2) is 48.5 Å². The van der Waals surface area contributed by atoms with Crippen molar-refractivity contribution in [1.29, 1.82) is 0 Å². The van der Waals surface area contributed by atoms with E-state index in [1.165, 1.54) is 4.90 Å². The third-order valence-electron chi connectivity index (χ3n) is 6.59. The van der Waals surface area contributed by atoms with Crippen molar-refractivity contribution in [2.45, 2.75) is 63.5 Å². The molecule has 4 atom stereocenters. The fraction of sp³-hybridized carbons (Fsp3) is 0.682. The molecule has 1 unspecified atom stereocenters. The molecule has 1 amide bonds. The number of methoxy groups -OCH3 is 1. The van der Waals surface area contributed by atoms with Crippen LogP contribution in [0.4, 0.5) is 0 Å². The molecule has 2 fully saturated rings. The summed E-state index contributed by atoms with van der Waals surface area (Å²) in [5.74, 6) is 0.733. The van der Waals surface area contributed by atoms with Crippen molar-refractivity contribution in [2.75, 3.05) is 26.7 Å². The predicted molar refractivity (Wildman–Crippen MR) is 108 cm³/mol. The second kappa shape index (κ2) is 9.14. The number of benzene rings is 1. The fourth-order valence-corrected chi connectivity index (χ4v) is 5.08. The number of amides is 1. The lowest BCUT2D eigenvalue weighted by molar-refractivity contribution is -0.937. The van der Waals surface area contributed by atoms with E-state index in [2.05, 4.69) is 12.2 Å². The Morgan fingerprint density at radius 2 is 2.18 bits per heavy atom. The summed E-state index contributed by atoms with van der Waals surface area (Å²) in [4.78, 5) is 13.7. The van der Waals surface area contributed by atoms with E-state index in [0.717, 1.165) is 57.1 Å². The van der Waals surface area contributed by atoms with Gasteiger partial charge in [0.1, 0.15) is 6.04 Å². The zero-order valence-corrected chi connectivity index (χ0v) is 17.2. The number of rotatable bonds is 7. The Kier molecular flexibility index (Phi) is 6.83. The van der Waals surface area contributed by atoms with E-state index in [1.54, 1.807) is 13.2 Å². The number of quaternary nitrogens is 1. The fourth-order valence-electron chi connectivity index (χ4n) is 5.08.